The van der Waals surface area contributed by atoms with E-state index in [1.165, 1.54) is 0 Å². The lowest BCUT2D eigenvalue weighted by Gasteiger charge is -2.03. The maximum absolute atomic E-state index is 12.1. The minimum atomic E-state index is -4.25. The van der Waals surface area contributed by atoms with Gasteiger partial charge in [0.25, 0.3) is 0 Å². The molecule has 0 aliphatic rings. The van der Waals surface area contributed by atoms with Crippen LogP contribution in [-0.4, -0.2) is 0 Å². The zero-order chi connectivity index (χ0) is 9.19. The third-order valence-corrected chi connectivity index (χ3v) is 1.58. The van der Waals surface area contributed by atoms with Crippen molar-refractivity contribution in [2.45, 2.75) is 19.5 Å². The number of aromatic nitrogens is 1. The Balaban J connectivity index is 3.02. The van der Waals surface area contributed by atoms with Crippen molar-refractivity contribution in [1.29, 1.82) is 0 Å². The summed E-state index contributed by atoms with van der Waals surface area (Å²) in [5.74, 6) is 0. The summed E-state index contributed by atoms with van der Waals surface area (Å²) >= 11 is 0. The molecule has 0 unspecified atom stereocenters. The quantitative estimate of drug-likeness (QED) is 0.622. The zero-order valence-electron chi connectivity index (χ0n) is 6.57. The Morgan fingerprint density at radius 1 is 1.33 bits per heavy atom. The van der Waals surface area contributed by atoms with Gasteiger partial charge in [0.1, 0.15) is 5.56 Å². The molecule has 66 valence electrons. The van der Waals surface area contributed by atoms with Gasteiger partial charge in [0, 0.05) is 5.56 Å². The van der Waals surface area contributed by atoms with Crippen molar-refractivity contribution in [3.05, 3.63) is 29.6 Å². The molecule has 1 nitrogen and oxygen atoms in total. The minimum absolute atomic E-state index is 0.598. The molecule has 0 spiro atoms. The topological polar surface area (TPSA) is 14.1 Å². The molecule has 0 fully saturated rings. The molecule has 0 saturated carbocycles. The summed E-state index contributed by atoms with van der Waals surface area (Å²) < 4.78 is 36.3. The highest BCUT2D eigenvalue weighted by Crippen LogP contribution is 2.28. The lowest BCUT2D eigenvalue weighted by atomic mass is 10.1. The SMILES string of the molecule is CCc1c[nH+]cc(C(F)(F)F)c1. The first-order valence-corrected chi connectivity index (χ1v) is 3.61. The molecular formula is C8H9F3N+. The van der Waals surface area contributed by atoms with Crippen molar-refractivity contribution in [2.75, 3.05) is 0 Å². The van der Waals surface area contributed by atoms with Gasteiger partial charge in [-0.3, -0.25) is 0 Å². The van der Waals surface area contributed by atoms with Crippen molar-refractivity contribution in [1.82, 2.24) is 0 Å². The summed E-state index contributed by atoms with van der Waals surface area (Å²) in [6, 6.07) is 1.15. The first-order valence-electron chi connectivity index (χ1n) is 3.61. The van der Waals surface area contributed by atoms with Crippen LogP contribution in [0.1, 0.15) is 18.1 Å². The maximum Gasteiger partial charge on any atom is 0.422 e. The molecule has 4 heteroatoms. The Labute approximate surface area is 68.2 Å². The van der Waals surface area contributed by atoms with Gasteiger partial charge in [0.05, 0.1) is 0 Å². The number of hydrogen-bond donors (Lipinski definition) is 0. The van der Waals surface area contributed by atoms with Crippen molar-refractivity contribution in [3.8, 4) is 0 Å². The van der Waals surface area contributed by atoms with E-state index in [1.807, 2.05) is 6.92 Å². The second kappa shape index (κ2) is 3.13. The van der Waals surface area contributed by atoms with Gasteiger partial charge in [-0.2, -0.15) is 13.2 Å². The van der Waals surface area contributed by atoms with Crippen LogP contribution < -0.4 is 4.98 Å². The molecule has 1 N–H and O–H groups in total. The van der Waals surface area contributed by atoms with E-state index in [0.29, 0.717) is 12.0 Å². The summed E-state index contributed by atoms with van der Waals surface area (Å²) in [4.78, 5) is 2.47. The molecular weight excluding hydrogens is 167 g/mol. The van der Waals surface area contributed by atoms with Crippen LogP contribution in [0.3, 0.4) is 0 Å². The average Bonchev–Trinajstić information content (AvgIpc) is 2.03. The summed E-state index contributed by atoms with van der Waals surface area (Å²) in [6.07, 6.45) is -1.13. The van der Waals surface area contributed by atoms with E-state index < -0.39 is 11.7 Å². The highest BCUT2D eigenvalue weighted by atomic mass is 19.4. The summed E-state index contributed by atoms with van der Waals surface area (Å²) in [5.41, 5.74) is 0.0340. The van der Waals surface area contributed by atoms with E-state index in [1.54, 1.807) is 6.20 Å². The second-order valence-corrected chi connectivity index (χ2v) is 2.48. The molecule has 0 aromatic carbocycles. The number of rotatable bonds is 1. The number of halogens is 3. The molecule has 1 aromatic heterocycles. The van der Waals surface area contributed by atoms with Gasteiger partial charge in [-0.1, -0.05) is 6.92 Å². The van der Waals surface area contributed by atoms with Crippen molar-refractivity contribution >= 4 is 0 Å². The minimum Gasteiger partial charge on any atom is -0.217 e. The van der Waals surface area contributed by atoms with E-state index in [9.17, 15) is 13.2 Å². The van der Waals surface area contributed by atoms with Gasteiger partial charge in [0.15, 0.2) is 12.4 Å². The first-order chi connectivity index (χ1) is 5.54. The van der Waals surface area contributed by atoms with E-state index in [2.05, 4.69) is 4.98 Å². The number of aromatic amines is 1. The maximum atomic E-state index is 12.1. The number of alkyl halides is 3. The number of nitrogens with one attached hydrogen (secondary N) is 1. The third-order valence-electron chi connectivity index (χ3n) is 1.58. The van der Waals surface area contributed by atoms with Crippen molar-refractivity contribution in [2.24, 2.45) is 0 Å². The Bertz CT molecular complexity index is 267. The number of pyridine rings is 1. The van der Waals surface area contributed by atoms with Gasteiger partial charge >= 0.3 is 6.18 Å². The first kappa shape index (κ1) is 9.03. The highest BCUT2D eigenvalue weighted by Gasteiger charge is 2.32. The molecule has 12 heavy (non-hydrogen) atoms. The molecule has 0 radical (unpaired) electrons. The molecule has 1 rings (SSSR count). The predicted octanol–water partition coefficient (Wildman–Crippen LogP) is 2.08. The Morgan fingerprint density at radius 3 is 2.50 bits per heavy atom. The molecule has 0 atom stereocenters. The average molecular weight is 176 g/mol. The van der Waals surface area contributed by atoms with Crippen LogP contribution in [0.25, 0.3) is 0 Å². The Kier molecular flexibility index (Phi) is 2.35. The number of H-pyrrole nitrogens is 1. The van der Waals surface area contributed by atoms with Crippen molar-refractivity contribution in [3.63, 3.8) is 0 Å². The van der Waals surface area contributed by atoms with Gasteiger partial charge < -0.3 is 0 Å². The van der Waals surface area contributed by atoms with Crippen LogP contribution in [0.2, 0.25) is 0 Å². The summed E-state index contributed by atoms with van der Waals surface area (Å²) in [6.45, 7) is 1.81. The van der Waals surface area contributed by atoms with Crippen LogP contribution in [-0.2, 0) is 12.6 Å². The molecule has 0 aliphatic carbocycles. The van der Waals surface area contributed by atoms with Crippen LogP contribution in [0, 0.1) is 0 Å². The fourth-order valence-electron chi connectivity index (χ4n) is 0.889. The lowest BCUT2D eigenvalue weighted by molar-refractivity contribution is -0.382. The standard InChI is InChI=1S/C8H8F3N/c1-2-6-3-7(5-12-4-6)8(9,10)11/h3-5H,2H2,1H3/p+1. The third kappa shape index (κ3) is 1.96. The van der Waals surface area contributed by atoms with E-state index in [0.717, 1.165) is 12.3 Å². The number of hydrogen-bond acceptors (Lipinski definition) is 0. The molecule has 0 bridgehead atoms. The number of aryl methyl sites for hydroxylation is 1. The summed E-state index contributed by atoms with van der Waals surface area (Å²) in [5, 5.41) is 0. The Morgan fingerprint density at radius 2 is 2.00 bits per heavy atom. The molecule has 1 heterocycles. The van der Waals surface area contributed by atoms with Crippen molar-refractivity contribution < 1.29 is 18.2 Å². The van der Waals surface area contributed by atoms with Gasteiger partial charge in [-0.25, -0.2) is 4.98 Å². The fraction of sp³-hybridized carbons (Fsp3) is 0.375. The molecule has 0 saturated heterocycles. The Hall–Kier alpha value is -1.06. The highest BCUT2D eigenvalue weighted by molar-refractivity contribution is 5.17. The van der Waals surface area contributed by atoms with Crippen LogP contribution in [0.4, 0.5) is 13.2 Å². The molecule has 0 aliphatic heterocycles. The van der Waals surface area contributed by atoms with Crippen LogP contribution in [0.15, 0.2) is 18.5 Å². The van der Waals surface area contributed by atoms with Gasteiger partial charge in [-0.05, 0) is 12.5 Å². The van der Waals surface area contributed by atoms with Crippen LogP contribution >= 0.6 is 0 Å². The van der Waals surface area contributed by atoms with E-state index in [-0.39, 0.29) is 0 Å². The van der Waals surface area contributed by atoms with E-state index in [4.69, 9.17) is 0 Å². The second-order valence-electron chi connectivity index (χ2n) is 2.48. The monoisotopic (exact) mass is 176 g/mol. The lowest BCUT2D eigenvalue weighted by Crippen LogP contribution is -2.12. The largest absolute Gasteiger partial charge is 0.422 e. The zero-order valence-corrected chi connectivity index (χ0v) is 6.57. The predicted molar refractivity (Wildman–Crippen MR) is 37.4 cm³/mol. The summed E-state index contributed by atoms with van der Waals surface area (Å²) in [7, 11) is 0. The normalized spacial score (nSPS) is 11.7. The fourth-order valence-corrected chi connectivity index (χ4v) is 0.889. The smallest absolute Gasteiger partial charge is 0.217 e. The van der Waals surface area contributed by atoms with Crippen LogP contribution in [0.5, 0.6) is 0 Å². The van der Waals surface area contributed by atoms with E-state index >= 15 is 0 Å². The molecule has 0 amide bonds. The van der Waals surface area contributed by atoms with Gasteiger partial charge in [0.2, 0.25) is 0 Å². The molecule has 1 aromatic rings. The van der Waals surface area contributed by atoms with Gasteiger partial charge in [-0.15, -0.1) is 0 Å².